The lowest BCUT2D eigenvalue weighted by Crippen LogP contribution is -2.07. The molecule has 3 aromatic rings. The van der Waals surface area contributed by atoms with Gasteiger partial charge in [0.15, 0.2) is 11.9 Å². The molecule has 6 heteroatoms. The lowest BCUT2D eigenvalue weighted by molar-refractivity contribution is -0.140. The number of carbonyl (C=O) groups excluding carboxylic acids is 1. The van der Waals surface area contributed by atoms with Gasteiger partial charge in [-0.05, 0) is 87.6 Å². The van der Waals surface area contributed by atoms with Crippen LogP contribution < -0.4 is 9.47 Å². The molecule has 0 amide bonds. The molecule has 0 saturated carbocycles. The predicted octanol–water partition coefficient (Wildman–Crippen LogP) is 6.81. The maximum absolute atomic E-state index is 11.4. The topological polar surface area (TPSA) is 70.8 Å². The summed E-state index contributed by atoms with van der Waals surface area (Å²) < 4.78 is 22.9. The third-order valence-corrected chi connectivity index (χ3v) is 5.52. The summed E-state index contributed by atoms with van der Waals surface area (Å²) in [5.41, 5.74) is 3.94. The number of nitrogens with zero attached hydrogens (tertiary/aromatic N) is 1. The molecule has 0 spiro atoms. The van der Waals surface area contributed by atoms with Crippen molar-refractivity contribution in [3.63, 3.8) is 0 Å². The molecule has 2 aromatic carbocycles. The zero-order chi connectivity index (χ0) is 24.8. The van der Waals surface area contributed by atoms with Gasteiger partial charge in [-0.1, -0.05) is 19.9 Å². The first-order valence-corrected chi connectivity index (χ1v) is 11.8. The Morgan fingerprint density at radius 3 is 2.24 bits per heavy atom. The minimum absolute atomic E-state index is 0.121. The van der Waals surface area contributed by atoms with E-state index in [1.54, 1.807) is 0 Å². The van der Waals surface area contributed by atoms with Crippen molar-refractivity contribution >= 4 is 5.97 Å². The van der Waals surface area contributed by atoms with E-state index >= 15 is 0 Å². The van der Waals surface area contributed by atoms with Gasteiger partial charge in [0.05, 0.1) is 18.9 Å². The van der Waals surface area contributed by atoms with E-state index in [4.69, 9.17) is 23.6 Å². The Morgan fingerprint density at radius 1 is 0.971 bits per heavy atom. The van der Waals surface area contributed by atoms with Crippen molar-refractivity contribution in [2.45, 2.75) is 72.5 Å². The van der Waals surface area contributed by atoms with Crippen LogP contribution in [0.25, 0.3) is 11.5 Å². The summed E-state index contributed by atoms with van der Waals surface area (Å²) in [6, 6.07) is 13.7. The Balaban J connectivity index is 1.78. The fourth-order valence-electron chi connectivity index (χ4n) is 3.74. The molecule has 0 aliphatic rings. The second-order valence-corrected chi connectivity index (χ2v) is 9.04. The Kier molecular flexibility index (Phi) is 8.37. The van der Waals surface area contributed by atoms with Crippen molar-refractivity contribution in [1.29, 1.82) is 0 Å². The van der Waals surface area contributed by atoms with Gasteiger partial charge >= 0.3 is 5.97 Å². The van der Waals surface area contributed by atoms with Crippen molar-refractivity contribution in [1.82, 2.24) is 4.98 Å². The van der Waals surface area contributed by atoms with E-state index in [1.165, 1.54) is 7.11 Å². The maximum Gasteiger partial charge on any atom is 0.305 e. The fraction of sp³-hybridized carbons (Fsp3) is 0.429. The van der Waals surface area contributed by atoms with Gasteiger partial charge in [-0.2, -0.15) is 0 Å². The SMILES string of the molecule is COC(=O)CCc1ccc(OC(C)c2oc(-c3ccc(OC(C)C)cc3)nc2C(C)C)cc1C. The molecule has 1 atom stereocenters. The Bertz CT molecular complexity index is 1100. The largest absolute Gasteiger partial charge is 0.491 e. The first-order chi connectivity index (χ1) is 16.2. The number of aryl methyl sites for hydroxylation is 2. The first kappa shape index (κ1) is 25.3. The molecule has 0 aliphatic heterocycles. The Hall–Kier alpha value is -3.28. The second kappa shape index (κ2) is 11.2. The smallest absolute Gasteiger partial charge is 0.305 e. The number of aromatic nitrogens is 1. The maximum atomic E-state index is 11.4. The lowest BCUT2D eigenvalue weighted by atomic mass is 10.0. The van der Waals surface area contributed by atoms with Gasteiger partial charge in [-0.25, -0.2) is 4.98 Å². The highest BCUT2D eigenvalue weighted by molar-refractivity contribution is 5.69. The van der Waals surface area contributed by atoms with E-state index in [1.807, 2.05) is 70.2 Å². The number of esters is 1. The Labute approximate surface area is 202 Å². The third-order valence-electron chi connectivity index (χ3n) is 5.52. The van der Waals surface area contributed by atoms with Gasteiger partial charge in [0.1, 0.15) is 11.5 Å². The molecule has 0 fully saturated rings. The first-order valence-electron chi connectivity index (χ1n) is 11.8. The van der Waals surface area contributed by atoms with E-state index in [9.17, 15) is 4.79 Å². The van der Waals surface area contributed by atoms with Crippen LogP contribution in [0.15, 0.2) is 46.9 Å². The van der Waals surface area contributed by atoms with Crippen LogP contribution in [-0.2, 0) is 16.0 Å². The number of hydrogen-bond donors (Lipinski definition) is 0. The Morgan fingerprint density at radius 2 is 1.65 bits per heavy atom. The number of ether oxygens (including phenoxy) is 3. The number of rotatable bonds is 10. The summed E-state index contributed by atoms with van der Waals surface area (Å²) in [6.45, 7) is 12.2. The summed E-state index contributed by atoms with van der Waals surface area (Å²) in [5.74, 6) is 2.83. The van der Waals surface area contributed by atoms with E-state index in [0.29, 0.717) is 18.7 Å². The van der Waals surface area contributed by atoms with E-state index in [-0.39, 0.29) is 24.1 Å². The average Bonchev–Trinajstić information content (AvgIpc) is 3.24. The van der Waals surface area contributed by atoms with Crippen LogP contribution in [0.4, 0.5) is 0 Å². The van der Waals surface area contributed by atoms with Gasteiger partial charge in [-0.3, -0.25) is 4.79 Å². The molecule has 0 saturated heterocycles. The molecule has 1 aromatic heterocycles. The number of oxazole rings is 1. The zero-order valence-electron chi connectivity index (χ0n) is 21.2. The number of benzene rings is 2. The summed E-state index contributed by atoms with van der Waals surface area (Å²) in [7, 11) is 1.41. The van der Waals surface area contributed by atoms with Crippen molar-refractivity contribution < 1.29 is 23.4 Å². The summed E-state index contributed by atoms with van der Waals surface area (Å²) in [4.78, 5) is 16.2. The lowest BCUT2D eigenvalue weighted by Gasteiger charge is -2.16. The molecule has 3 rings (SSSR count). The van der Waals surface area contributed by atoms with E-state index < -0.39 is 0 Å². The molecule has 0 radical (unpaired) electrons. The van der Waals surface area contributed by atoms with Crippen LogP contribution in [0.2, 0.25) is 0 Å². The summed E-state index contributed by atoms with van der Waals surface area (Å²) >= 11 is 0. The highest BCUT2D eigenvalue weighted by Gasteiger charge is 2.23. The van der Waals surface area contributed by atoms with Crippen molar-refractivity contribution in [2.75, 3.05) is 7.11 Å². The van der Waals surface area contributed by atoms with Crippen LogP contribution in [-0.4, -0.2) is 24.2 Å². The summed E-state index contributed by atoms with van der Waals surface area (Å²) in [6.07, 6.45) is 0.799. The van der Waals surface area contributed by atoms with Crippen LogP contribution in [0, 0.1) is 6.92 Å². The minimum Gasteiger partial charge on any atom is -0.491 e. The van der Waals surface area contributed by atoms with Crippen LogP contribution in [0.5, 0.6) is 11.5 Å². The predicted molar refractivity (Wildman–Crippen MR) is 132 cm³/mol. The van der Waals surface area contributed by atoms with Gasteiger partial charge < -0.3 is 18.6 Å². The normalized spacial score (nSPS) is 12.1. The fourth-order valence-corrected chi connectivity index (χ4v) is 3.74. The number of hydrogen-bond acceptors (Lipinski definition) is 6. The summed E-state index contributed by atoms with van der Waals surface area (Å²) in [5, 5.41) is 0. The quantitative estimate of drug-likeness (QED) is 0.306. The zero-order valence-corrected chi connectivity index (χ0v) is 21.2. The molecule has 0 bridgehead atoms. The third kappa shape index (κ3) is 6.40. The molecule has 34 heavy (non-hydrogen) atoms. The van der Waals surface area contributed by atoms with Crippen molar-refractivity contribution in [2.24, 2.45) is 0 Å². The molecule has 0 aliphatic carbocycles. The van der Waals surface area contributed by atoms with Gasteiger partial charge in [0.25, 0.3) is 0 Å². The standard InChI is InChI=1S/C28H35NO5/c1-17(2)26-27(34-28(29-26)22-9-12-23(13-10-22)32-18(3)4)20(6)33-24-14-8-21(19(5)16-24)11-15-25(30)31-7/h8-10,12-14,16-18,20H,11,15H2,1-7H3. The van der Waals surface area contributed by atoms with Crippen molar-refractivity contribution in [3.8, 4) is 23.0 Å². The highest BCUT2D eigenvalue weighted by Crippen LogP contribution is 2.33. The number of methoxy groups -OCH3 is 1. The van der Waals surface area contributed by atoms with E-state index in [0.717, 1.165) is 39.6 Å². The van der Waals surface area contributed by atoms with Crippen molar-refractivity contribution in [3.05, 3.63) is 65.0 Å². The van der Waals surface area contributed by atoms with E-state index in [2.05, 4.69) is 13.8 Å². The van der Waals surface area contributed by atoms with Crippen LogP contribution in [0.1, 0.15) is 75.6 Å². The minimum atomic E-state index is -0.317. The van der Waals surface area contributed by atoms with Gasteiger partial charge in [0, 0.05) is 12.0 Å². The van der Waals surface area contributed by atoms with Gasteiger partial charge in [-0.15, -0.1) is 0 Å². The molecular weight excluding hydrogens is 430 g/mol. The average molecular weight is 466 g/mol. The molecule has 1 heterocycles. The molecule has 0 N–H and O–H groups in total. The molecular formula is C28H35NO5. The molecule has 182 valence electrons. The van der Waals surface area contributed by atoms with Crippen LogP contribution >= 0.6 is 0 Å². The molecule has 1 unspecified atom stereocenters. The highest BCUT2D eigenvalue weighted by atomic mass is 16.5. The monoisotopic (exact) mass is 465 g/mol. The van der Waals surface area contributed by atoms with Crippen LogP contribution in [0.3, 0.4) is 0 Å². The van der Waals surface area contributed by atoms with Gasteiger partial charge in [0.2, 0.25) is 5.89 Å². The second-order valence-electron chi connectivity index (χ2n) is 9.04. The molecule has 6 nitrogen and oxygen atoms in total. The number of carbonyl (C=O) groups is 1.